The van der Waals surface area contributed by atoms with Crippen LogP contribution in [0.5, 0.6) is 5.75 Å². The first-order valence-electron chi connectivity index (χ1n) is 14.4. The molecule has 0 spiro atoms. The van der Waals surface area contributed by atoms with Gasteiger partial charge in [0.2, 0.25) is 0 Å². The Labute approximate surface area is 220 Å². The van der Waals surface area contributed by atoms with Crippen molar-refractivity contribution in [1.82, 2.24) is 0 Å². The van der Waals surface area contributed by atoms with E-state index in [1.165, 1.54) is 69.8 Å². The number of carbonyl (C=O) groups is 1. The Hall–Kier alpha value is -1.16. The Morgan fingerprint density at radius 1 is 0.943 bits per heavy atom. The van der Waals surface area contributed by atoms with Crippen molar-refractivity contribution in [3.8, 4) is 5.75 Å². The summed E-state index contributed by atoms with van der Waals surface area (Å²) in [7, 11) is 0. The van der Waals surface area contributed by atoms with Crippen LogP contribution in [0.4, 0.5) is 0 Å². The molecule has 1 fully saturated rings. The summed E-state index contributed by atoms with van der Waals surface area (Å²) in [5.74, 6) is 2.28. The number of esters is 1. The molecule has 1 aromatic rings. The van der Waals surface area contributed by atoms with Crippen LogP contribution in [-0.2, 0) is 27.8 Å². The van der Waals surface area contributed by atoms with Gasteiger partial charge in [0.15, 0.2) is 0 Å². The van der Waals surface area contributed by atoms with Crippen LogP contribution in [0.15, 0.2) is 12.1 Å². The minimum absolute atomic E-state index is 0.0325. The molecule has 1 N–H and O–H groups in total. The van der Waals surface area contributed by atoms with Crippen molar-refractivity contribution < 1.29 is 14.6 Å². The first-order chi connectivity index (χ1) is 16.8. The quantitative estimate of drug-likeness (QED) is 0.180. The zero-order chi connectivity index (χ0) is 25.5. The van der Waals surface area contributed by atoms with Crippen molar-refractivity contribution in [2.24, 2.45) is 0 Å². The Bertz CT molecular complexity index is 731. The molecule has 3 nitrogen and oxygen atoms in total. The summed E-state index contributed by atoms with van der Waals surface area (Å²) >= 11 is 1.83. The predicted octanol–water partition coefficient (Wildman–Crippen LogP) is 8.91. The smallest absolute Gasteiger partial charge is 0.306 e. The molecule has 1 saturated carbocycles. The fourth-order valence-corrected chi connectivity index (χ4v) is 5.87. The van der Waals surface area contributed by atoms with Crippen molar-refractivity contribution in [3.05, 3.63) is 28.8 Å². The van der Waals surface area contributed by atoms with Crippen molar-refractivity contribution in [2.45, 2.75) is 142 Å². The topological polar surface area (TPSA) is 46.5 Å². The second-order valence-corrected chi connectivity index (χ2v) is 12.7. The van der Waals surface area contributed by atoms with Gasteiger partial charge in [-0.25, -0.2) is 0 Å². The van der Waals surface area contributed by atoms with Crippen molar-refractivity contribution in [2.75, 3.05) is 11.5 Å². The van der Waals surface area contributed by atoms with Crippen molar-refractivity contribution in [1.29, 1.82) is 0 Å². The molecule has 1 aliphatic rings. The monoisotopic (exact) mass is 504 g/mol. The van der Waals surface area contributed by atoms with Gasteiger partial charge in [0, 0.05) is 5.75 Å². The van der Waals surface area contributed by atoms with Crippen LogP contribution in [0.1, 0.15) is 134 Å². The molecule has 0 heterocycles. The summed E-state index contributed by atoms with van der Waals surface area (Å²) < 4.78 is 5.62. The second kappa shape index (κ2) is 16.6. The summed E-state index contributed by atoms with van der Waals surface area (Å²) in [6.45, 7) is 8.82. The van der Waals surface area contributed by atoms with Crippen LogP contribution in [0.3, 0.4) is 0 Å². The van der Waals surface area contributed by atoms with E-state index in [0.29, 0.717) is 12.2 Å². The third-order valence-corrected chi connectivity index (χ3v) is 8.23. The number of benzene rings is 1. The van der Waals surface area contributed by atoms with Crippen molar-refractivity contribution in [3.63, 3.8) is 0 Å². The van der Waals surface area contributed by atoms with Gasteiger partial charge in [0.25, 0.3) is 0 Å². The number of carbonyl (C=O) groups excluding carboxylic acids is 1. The standard InChI is InChI=1S/C31H52O3S/c1-5-6-7-8-9-10-12-16-25-23-26(30(33)28(24-25)31(2,3)4)17-15-21-35-22-20-29(32)34-27-18-13-11-14-19-27/h23-24,27,33H,5-22H2,1-4H3. The molecule has 1 aromatic carbocycles. The number of aryl methyl sites for hydroxylation is 2. The van der Waals surface area contributed by atoms with Gasteiger partial charge in [-0.3, -0.25) is 4.79 Å². The van der Waals surface area contributed by atoms with E-state index in [2.05, 4.69) is 39.8 Å². The first kappa shape index (κ1) is 30.1. The van der Waals surface area contributed by atoms with E-state index >= 15 is 0 Å². The predicted molar refractivity (Wildman–Crippen MR) is 152 cm³/mol. The molecule has 0 aromatic heterocycles. The molecule has 0 atom stereocenters. The van der Waals surface area contributed by atoms with E-state index in [0.717, 1.165) is 54.7 Å². The molecule has 0 bridgehead atoms. The Morgan fingerprint density at radius 3 is 2.31 bits per heavy atom. The molecular weight excluding hydrogens is 452 g/mol. The molecule has 200 valence electrons. The van der Waals surface area contributed by atoms with Crippen LogP contribution >= 0.6 is 11.8 Å². The second-order valence-electron chi connectivity index (χ2n) is 11.5. The minimum atomic E-state index is -0.0670. The van der Waals surface area contributed by atoms with Gasteiger partial charge < -0.3 is 9.84 Å². The average Bonchev–Trinajstić information content (AvgIpc) is 2.82. The fourth-order valence-electron chi connectivity index (χ4n) is 5.00. The molecule has 0 amide bonds. The summed E-state index contributed by atoms with van der Waals surface area (Å²) in [5, 5.41) is 11.0. The molecule has 4 heteroatoms. The number of phenolic OH excluding ortho intramolecular Hbond substituents is 1. The van der Waals surface area contributed by atoms with Gasteiger partial charge in [-0.2, -0.15) is 11.8 Å². The fraction of sp³-hybridized carbons (Fsp3) is 0.774. The number of phenols is 1. The third kappa shape index (κ3) is 12.1. The molecule has 0 unspecified atom stereocenters. The molecule has 0 radical (unpaired) electrons. The SMILES string of the molecule is CCCCCCCCCc1cc(CCCSCCC(=O)OC2CCCCC2)c(O)c(C(C)(C)C)c1. The largest absolute Gasteiger partial charge is 0.507 e. The molecule has 35 heavy (non-hydrogen) atoms. The first-order valence-corrected chi connectivity index (χ1v) is 15.6. The van der Waals surface area contributed by atoms with Crippen LogP contribution in [0.2, 0.25) is 0 Å². The maximum Gasteiger partial charge on any atom is 0.306 e. The zero-order valence-corrected chi connectivity index (χ0v) is 23.9. The minimum Gasteiger partial charge on any atom is -0.507 e. The number of unbranched alkanes of at least 4 members (excludes halogenated alkanes) is 6. The van der Waals surface area contributed by atoms with Crippen LogP contribution in [-0.4, -0.2) is 28.7 Å². The van der Waals surface area contributed by atoms with Gasteiger partial charge in [-0.1, -0.05) is 84.8 Å². The summed E-state index contributed by atoms with van der Waals surface area (Å²) in [6.07, 6.45) is 18.7. The maximum absolute atomic E-state index is 12.1. The molecule has 0 saturated heterocycles. The summed E-state index contributed by atoms with van der Waals surface area (Å²) in [4.78, 5) is 12.1. The molecule has 2 rings (SSSR count). The van der Waals surface area contributed by atoms with Crippen LogP contribution < -0.4 is 0 Å². The van der Waals surface area contributed by atoms with E-state index in [4.69, 9.17) is 4.74 Å². The molecule has 1 aliphatic carbocycles. The van der Waals surface area contributed by atoms with Gasteiger partial charge in [-0.05, 0) is 79.2 Å². The highest BCUT2D eigenvalue weighted by Crippen LogP contribution is 2.35. The van der Waals surface area contributed by atoms with E-state index in [9.17, 15) is 9.90 Å². The maximum atomic E-state index is 12.1. The van der Waals surface area contributed by atoms with Gasteiger partial charge in [0.1, 0.15) is 11.9 Å². The highest BCUT2D eigenvalue weighted by molar-refractivity contribution is 7.99. The Balaban J connectivity index is 1.76. The lowest BCUT2D eigenvalue weighted by Crippen LogP contribution is -2.21. The van der Waals surface area contributed by atoms with Crippen LogP contribution in [0.25, 0.3) is 0 Å². The zero-order valence-electron chi connectivity index (χ0n) is 23.1. The Kier molecular flexibility index (Phi) is 14.2. The number of hydrogen-bond acceptors (Lipinski definition) is 4. The van der Waals surface area contributed by atoms with Crippen LogP contribution in [0, 0.1) is 0 Å². The Morgan fingerprint density at radius 2 is 1.63 bits per heavy atom. The lowest BCUT2D eigenvalue weighted by atomic mass is 9.83. The number of hydrogen-bond donors (Lipinski definition) is 1. The van der Waals surface area contributed by atoms with E-state index < -0.39 is 0 Å². The molecular formula is C31H52O3S. The average molecular weight is 505 g/mol. The number of aromatic hydroxyl groups is 1. The van der Waals surface area contributed by atoms with Crippen molar-refractivity contribution >= 4 is 17.7 Å². The highest BCUT2D eigenvalue weighted by Gasteiger charge is 2.21. The summed E-state index contributed by atoms with van der Waals surface area (Å²) in [6, 6.07) is 4.48. The van der Waals surface area contributed by atoms with E-state index in [1.807, 2.05) is 11.8 Å². The lowest BCUT2D eigenvalue weighted by molar-refractivity contribution is -0.149. The normalized spacial score (nSPS) is 14.9. The lowest BCUT2D eigenvalue weighted by Gasteiger charge is -2.23. The highest BCUT2D eigenvalue weighted by atomic mass is 32.2. The number of ether oxygens (including phenoxy) is 1. The van der Waals surface area contributed by atoms with Gasteiger partial charge >= 0.3 is 5.97 Å². The number of thioether (sulfide) groups is 1. The van der Waals surface area contributed by atoms with E-state index in [-0.39, 0.29) is 17.5 Å². The van der Waals surface area contributed by atoms with Gasteiger partial charge in [0.05, 0.1) is 6.42 Å². The molecule has 0 aliphatic heterocycles. The summed E-state index contributed by atoms with van der Waals surface area (Å²) in [5.41, 5.74) is 3.47. The van der Waals surface area contributed by atoms with E-state index in [1.54, 1.807) is 0 Å². The number of rotatable bonds is 16. The van der Waals surface area contributed by atoms with Gasteiger partial charge in [-0.15, -0.1) is 0 Å². The third-order valence-electron chi connectivity index (χ3n) is 7.16.